The minimum Gasteiger partial charge on any atom is -0.361 e. The van der Waals surface area contributed by atoms with E-state index in [0.717, 1.165) is 34.7 Å². The van der Waals surface area contributed by atoms with E-state index in [1.165, 1.54) is 15.0 Å². The van der Waals surface area contributed by atoms with Crippen LogP contribution in [0.3, 0.4) is 0 Å². The third kappa shape index (κ3) is 4.43. The molecule has 172 valence electrons. The molecule has 1 amide bonds. The monoisotopic (exact) mass is 483 g/mol. The van der Waals surface area contributed by atoms with Crippen molar-refractivity contribution in [3.05, 3.63) is 77.5 Å². The van der Waals surface area contributed by atoms with Gasteiger partial charge in [0.2, 0.25) is 5.91 Å². The van der Waals surface area contributed by atoms with Crippen molar-refractivity contribution in [2.45, 2.75) is 58.9 Å². The molecule has 2 aliphatic heterocycles. The van der Waals surface area contributed by atoms with E-state index in [9.17, 15) is 9.59 Å². The highest BCUT2D eigenvalue weighted by molar-refractivity contribution is 7.12. The molecular formula is C24H26ClN5O2S. The number of aryl methyl sites for hydroxylation is 2. The van der Waals surface area contributed by atoms with Crippen molar-refractivity contribution in [2.75, 3.05) is 5.32 Å². The molecule has 5 rings (SSSR count). The molecule has 0 aliphatic carbocycles. The fraction of sp³-hybridized carbons (Fsp3) is 0.375. The van der Waals surface area contributed by atoms with Gasteiger partial charge in [0, 0.05) is 29.4 Å². The first-order valence-corrected chi connectivity index (χ1v) is 12.3. The van der Waals surface area contributed by atoms with Crippen molar-refractivity contribution in [3.63, 3.8) is 0 Å². The van der Waals surface area contributed by atoms with E-state index in [-0.39, 0.29) is 22.4 Å². The maximum absolute atomic E-state index is 13.2. The van der Waals surface area contributed by atoms with Gasteiger partial charge in [0.1, 0.15) is 6.04 Å². The van der Waals surface area contributed by atoms with Gasteiger partial charge in [0.25, 0.3) is 5.56 Å². The number of halogens is 1. The maximum Gasteiger partial charge on any atom is 0.294 e. The van der Waals surface area contributed by atoms with Gasteiger partial charge < -0.3 is 16.0 Å². The van der Waals surface area contributed by atoms with E-state index in [1.807, 2.05) is 13.8 Å². The van der Waals surface area contributed by atoms with Gasteiger partial charge in [-0.3, -0.25) is 14.2 Å². The number of nitrogens with one attached hydrogen (secondary N) is 3. The Morgan fingerprint density at radius 1 is 1.21 bits per heavy atom. The number of thiophene rings is 1. The third-order valence-electron chi connectivity index (χ3n) is 6.16. The molecule has 0 spiro atoms. The van der Waals surface area contributed by atoms with Crippen LogP contribution < -0.4 is 21.5 Å². The van der Waals surface area contributed by atoms with E-state index in [2.05, 4.69) is 45.2 Å². The van der Waals surface area contributed by atoms with E-state index < -0.39 is 6.04 Å². The third-order valence-corrected chi connectivity index (χ3v) is 7.64. The number of amides is 1. The number of aromatic nitrogens is 2. The molecule has 0 unspecified atom stereocenters. The number of nitrogens with zero attached hydrogens (tertiary/aromatic N) is 2. The molecule has 0 radical (unpaired) electrons. The van der Waals surface area contributed by atoms with Gasteiger partial charge >= 0.3 is 0 Å². The molecule has 7 nitrogen and oxygen atoms in total. The van der Waals surface area contributed by atoms with Crippen LogP contribution in [0.5, 0.6) is 0 Å². The first-order chi connectivity index (χ1) is 15.9. The standard InChI is InChI=1S/C24H26ClN5O2S/c1-13-5-14(2)7-15(6-13)9-27-22-24(32)30-18(21(25)29-22)3-4-19(30)23(31)28-11-17-8-16-10-26-12-20(16)33-17/h5-8,19,26H,3-4,9-12H2,1-2H3,(H,27,29)(H,28,31)/t19-/m0/s1. The molecule has 3 aromatic rings. The molecule has 0 bridgehead atoms. The SMILES string of the molecule is Cc1cc(C)cc(CNc2nc(Cl)c3n(c2=O)[C@H](C(=O)NCc2cc4c(s2)CNC4)CC3)c1. The fourth-order valence-corrected chi connectivity index (χ4v) is 6.11. The van der Waals surface area contributed by atoms with Crippen molar-refractivity contribution >= 4 is 34.7 Å². The van der Waals surface area contributed by atoms with Gasteiger partial charge in [-0.15, -0.1) is 11.3 Å². The number of anilines is 1. The molecule has 9 heteroatoms. The average Bonchev–Trinajstić information content (AvgIpc) is 3.47. The first kappa shape index (κ1) is 22.1. The largest absolute Gasteiger partial charge is 0.361 e. The zero-order valence-corrected chi connectivity index (χ0v) is 20.2. The summed E-state index contributed by atoms with van der Waals surface area (Å²) in [6, 6.07) is 7.81. The smallest absolute Gasteiger partial charge is 0.294 e. The topological polar surface area (TPSA) is 88.0 Å². The number of hydrogen-bond donors (Lipinski definition) is 3. The van der Waals surface area contributed by atoms with Crippen molar-refractivity contribution < 1.29 is 4.79 Å². The summed E-state index contributed by atoms with van der Waals surface area (Å²) in [6.07, 6.45) is 1.09. The van der Waals surface area contributed by atoms with E-state index in [4.69, 9.17) is 11.6 Å². The Kier molecular flexibility index (Phi) is 5.99. The number of rotatable bonds is 6. The van der Waals surface area contributed by atoms with Gasteiger partial charge in [0.05, 0.1) is 12.2 Å². The number of carbonyl (C=O) groups is 1. The summed E-state index contributed by atoms with van der Waals surface area (Å²) in [6.45, 7) is 6.78. The molecule has 1 aromatic carbocycles. The van der Waals surface area contributed by atoms with Crippen LogP contribution in [0.4, 0.5) is 5.82 Å². The van der Waals surface area contributed by atoms with Crippen LogP contribution in [0.15, 0.2) is 29.1 Å². The molecule has 2 aromatic heterocycles. The quantitative estimate of drug-likeness (QED) is 0.498. The predicted molar refractivity (Wildman–Crippen MR) is 131 cm³/mol. The molecular weight excluding hydrogens is 458 g/mol. The molecule has 33 heavy (non-hydrogen) atoms. The minimum absolute atomic E-state index is 0.162. The maximum atomic E-state index is 13.2. The van der Waals surface area contributed by atoms with Crippen LogP contribution in [0.1, 0.15) is 50.2 Å². The van der Waals surface area contributed by atoms with Crippen molar-refractivity contribution in [2.24, 2.45) is 0 Å². The molecule has 2 aliphatic rings. The Bertz CT molecular complexity index is 1260. The van der Waals surface area contributed by atoms with Crippen molar-refractivity contribution in [1.82, 2.24) is 20.2 Å². The lowest BCUT2D eigenvalue weighted by molar-refractivity contribution is -0.124. The second-order valence-electron chi connectivity index (χ2n) is 8.76. The average molecular weight is 484 g/mol. The second-order valence-corrected chi connectivity index (χ2v) is 10.3. The van der Waals surface area contributed by atoms with Gasteiger partial charge in [-0.25, -0.2) is 4.98 Å². The summed E-state index contributed by atoms with van der Waals surface area (Å²) in [4.78, 5) is 33.0. The van der Waals surface area contributed by atoms with E-state index >= 15 is 0 Å². The van der Waals surface area contributed by atoms with Crippen LogP contribution >= 0.6 is 22.9 Å². The van der Waals surface area contributed by atoms with Crippen molar-refractivity contribution in [3.8, 4) is 0 Å². The Hall–Kier alpha value is -2.68. The Morgan fingerprint density at radius 3 is 2.76 bits per heavy atom. The van der Waals surface area contributed by atoms with Crippen molar-refractivity contribution in [1.29, 1.82) is 0 Å². The lowest BCUT2D eigenvalue weighted by atomic mass is 10.1. The predicted octanol–water partition coefficient (Wildman–Crippen LogP) is 3.59. The summed E-state index contributed by atoms with van der Waals surface area (Å²) in [5.74, 6) is 0.00912. The minimum atomic E-state index is -0.580. The van der Waals surface area contributed by atoms with Gasteiger partial charge in [-0.05, 0) is 43.9 Å². The van der Waals surface area contributed by atoms with Crippen LogP contribution in [0.2, 0.25) is 5.15 Å². The highest BCUT2D eigenvalue weighted by atomic mass is 35.5. The van der Waals surface area contributed by atoms with Crippen LogP contribution in [-0.2, 0) is 37.4 Å². The lowest BCUT2D eigenvalue weighted by Crippen LogP contribution is -2.36. The van der Waals surface area contributed by atoms with Gasteiger partial charge in [-0.2, -0.15) is 0 Å². The summed E-state index contributed by atoms with van der Waals surface area (Å²) in [5, 5.41) is 9.74. The number of fused-ring (bicyclic) bond motifs is 2. The van der Waals surface area contributed by atoms with Crippen LogP contribution in [0.25, 0.3) is 0 Å². The van der Waals surface area contributed by atoms with Crippen LogP contribution in [-0.4, -0.2) is 15.5 Å². The van der Waals surface area contributed by atoms with Gasteiger partial charge in [-0.1, -0.05) is 40.9 Å². The summed E-state index contributed by atoms with van der Waals surface area (Å²) >= 11 is 8.14. The second kappa shape index (κ2) is 8.93. The normalized spacial score (nSPS) is 16.5. The highest BCUT2D eigenvalue weighted by Crippen LogP contribution is 2.30. The molecule has 0 saturated heterocycles. The Labute approximate surface area is 201 Å². The summed E-state index contributed by atoms with van der Waals surface area (Å²) in [5.41, 5.74) is 5.00. The zero-order chi connectivity index (χ0) is 23.1. The lowest BCUT2D eigenvalue weighted by Gasteiger charge is -2.16. The number of benzene rings is 1. The first-order valence-electron chi connectivity index (χ1n) is 11.1. The zero-order valence-electron chi connectivity index (χ0n) is 18.6. The molecule has 3 N–H and O–H groups in total. The summed E-state index contributed by atoms with van der Waals surface area (Å²) in [7, 11) is 0. The van der Waals surface area contributed by atoms with Gasteiger partial charge in [0.15, 0.2) is 11.0 Å². The molecule has 0 fully saturated rings. The molecule has 0 saturated carbocycles. The van der Waals surface area contributed by atoms with E-state index in [0.29, 0.717) is 31.6 Å². The number of carbonyl (C=O) groups excluding carboxylic acids is 1. The Balaban J connectivity index is 1.32. The fourth-order valence-electron chi connectivity index (χ4n) is 4.74. The molecule has 1 atom stereocenters. The molecule has 4 heterocycles. The highest BCUT2D eigenvalue weighted by Gasteiger charge is 2.32. The number of hydrogen-bond acceptors (Lipinski definition) is 6. The Morgan fingerprint density at radius 2 is 2.00 bits per heavy atom. The summed E-state index contributed by atoms with van der Waals surface area (Å²) < 4.78 is 1.52. The van der Waals surface area contributed by atoms with E-state index in [1.54, 1.807) is 11.3 Å². The van der Waals surface area contributed by atoms with Crippen LogP contribution in [0, 0.1) is 13.8 Å².